The van der Waals surface area contributed by atoms with Crippen molar-refractivity contribution in [1.29, 1.82) is 0 Å². The van der Waals surface area contributed by atoms with Gasteiger partial charge in [0.25, 0.3) is 0 Å². The average molecular weight is 356 g/mol. The van der Waals surface area contributed by atoms with Crippen LogP contribution in [-0.2, 0) is 9.53 Å². The topological polar surface area (TPSA) is 85.3 Å². The van der Waals surface area contributed by atoms with E-state index in [2.05, 4.69) is 20.4 Å². The number of carbonyl (C=O) groups excluding carboxylic acids is 2. The number of benzene rings is 1. The number of alkyl carbamates (subject to hydrolysis) is 1. The lowest BCUT2D eigenvalue weighted by molar-refractivity contribution is -0.160. The van der Waals surface area contributed by atoms with Gasteiger partial charge in [0.2, 0.25) is 5.91 Å². The minimum atomic E-state index is -4.59. The molecule has 1 heterocycles. The number of ether oxygens (including phenoxy) is 1. The van der Waals surface area contributed by atoms with Crippen molar-refractivity contribution in [3.63, 3.8) is 0 Å². The third-order valence-corrected chi connectivity index (χ3v) is 2.94. The summed E-state index contributed by atoms with van der Waals surface area (Å²) < 4.78 is 41.3. The van der Waals surface area contributed by atoms with Crippen molar-refractivity contribution in [2.45, 2.75) is 12.6 Å². The minimum absolute atomic E-state index is 0.107. The third kappa shape index (κ3) is 6.53. The Balaban J connectivity index is 1.71. The van der Waals surface area contributed by atoms with Crippen molar-refractivity contribution < 1.29 is 27.5 Å². The maximum atomic E-state index is 11.9. The summed E-state index contributed by atoms with van der Waals surface area (Å²) >= 11 is 0. The lowest BCUT2D eigenvalue weighted by Crippen LogP contribution is -2.31. The van der Waals surface area contributed by atoms with Crippen LogP contribution in [0.3, 0.4) is 0 Å². The number of halogens is 3. The predicted molar refractivity (Wildman–Crippen MR) is 82.2 cm³/mol. The van der Waals surface area contributed by atoms with Crippen molar-refractivity contribution in [3.8, 4) is 5.69 Å². The Morgan fingerprint density at radius 2 is 1.92 bits per heavy atom. The molecular formula is C15H15F3N4O3. The van der Waals surface area contributed by atoms with Crippen LogP contribution in [0.4, 0.5) is 23.7 Å². The molecule has 0 spiro atoms. The van der Waals surface area contributed by atoms with Gasteiger partial charge in [0, 0.05) is 36.7 Å². The first-order chi connectivity index (χ1) is 11.8. The SMILES string of the molecule is O=C(CCNC(=O)OCC(F)(F)F)Nc1ccc(-n2ccnc2)cc1. The second kappa shape index (κ2) is 8.18. The van der Waals surface area contributed by atoms with Crippen LogP contribution in [0.2, 0.25) is 0 Å². The number of hydrogen-bond donors (Lipinski definition) is 2. The molecule has 0 saturated carbocycles. The molecule has 0 bridgehead atoms. The fraction of sp³-hybridized carbons (Fsp3) is 0.267. The number of amides is 2. The van der Waals surface area contributed by atoms with Crippen LogP contribution in [0, 0.1) is 0 Å². The average Bonchev–Trinajstić information content (AvgIpc) is 3.07. The van der Waals surface area contributed by atoms with E-state index in [1.807, 2.05) is 0 Å². The van der Waals surface area contributed by atoms with Gasteiger partial charge in [-0.1, -0.05) is 0 Å². The van der Waals surface area contributed by atoms with Crippen molar-refractivity contribution in [2.24, 2.45) is 0 Å². The third-order valence-electron chi connectivity index (χ3n) is 2.94. The van der Waals surface area contributed by atoms with Gasteiger partial charge in [-0.3, -0.25) is 4.79 Å². The van der Waals surface area contributed by atoms with Crippen LogP contribution in [-0.4, -0.2) is 40.9 Å². The first-order valence-electron chi connectivity index (χ1n) is 7.19. The van der Waals surface area contributed by atoms with E-state index in [0.29, 0.717) is 5.69 Å². The summed E-state index contributed by atoms with van der Waals surface area (Å²) in [5.74, 6) is -0.397. The molecule has 0 aliphatic rings. The maximum Gasteiger partial charge on any atom is 0.422 e. The van der Waals surface area contributed by atoms with Crippen LogP contribution >= 0.6 is 0 Å². The van der Waals surface area contributed by atoms with E-state index in [1.54, 1.807) is 47.6 Å². The van der Waals surface area contributed by atoms with Gasteiger partial charge in [0.1, 0.15) is 0 Å². The largest absolute Gasteiger partial charge is 0.440 e. The number of imidazole rings is 1. The summed E-state index contributed by atoms with van der Waals surface area (Å²) in [5.41, 5.74) is 1.41. The number of aromatic nitrogens is 2. The summed E-state index contributed by atoms with van der Waals surface area (Å²) in [6, 6.07) is 6.95. The highest BCUT2D eigenvalue weighted by Gasteiger charge is 2.29. The molecule has 2 amide bonds. The molecule has 0 saturated heterocycles. The standard InChI is InChI=1S/C15H15F3N4O3/c16-15(17,18)9-25-14(24)20-6-5-13(23)21-11-1-3-12(4-2-11)22-8-7-19-10-22/h1-4,7-8,10H,5-6,9H2,(H,20,24)(H,21,23). The van der Waals surface area contributed by atoms with E-state index in [9.17, 15) is 22.8 Å². The van der Waals surface area contributed by atoms with Crippen molar-refractivity contribution in [1.82, 2.24) is 14.9 Å². The van der Waals surface area contributed by atoms with Crippen molar-refractivity contribution in [3.05, 3.63) is 43.0 Å². The van der Waals surface area contributed by atoms with Gasteiger partial charge in [-0.2, -0.15) is 13.2 Å². The smallest absolute Gasteiger partial charge is 0.422 e. The summed E-state index contributed by atoms with van der Waals surface area (Å²) in [6.45, 7) is -1.82. The highest BCUT2D eigenvalue weighted by atomic mass is 19.4. The Bertz CT molecular complexity index is 700. The summed E-state index contributed by atoms with van der Waals surface area (Å²) in [4.78, 5) is 26.7. The van der Waals surface area contributed by atoms with Crippen LogP contribution in [0.5, 0.6) is 0 Å². The quantitative estimate of drug-likeness (QED) is 0.833. The lowest BCUT2D eigenvalue weighted by atomic mass is 10.2. The predicted octanol–water partition coefficient (Wildman–Crippen LogP) is 2.49. The molecule has 1 aromatic carbocycles. The zero-order chi connectivity index (χ0) is 18.3. The van der Waals surface area contributed by atoms with E-state index < -0.39 is 24.8 Å². The van der Waals surface area contributed by atoms with Gasteiger partial charge in [-0.25, -0.2) is 9.78 Å². The maximum absolute atomic E-state index is 11.9. The lowest BCUT2D eigenvalue weighted by Gasteiger charge is -2.09. The van der Waals surface area contributed by atoms with Gasteiger partial charge in [-0.05, 0) is 24.3 Å². The molecule has 2 aromatic rings. The van der Waals surface area contributed by atoms with E-state index in [1.165, 1.54) is 0 Å². The van der Waals surface area contributed by atoms with Crippen LogP contribution in [0.25, 0.3) is 5.69 Å². The van der Waals surface area contributed by atoms with E-state index in [4.69, 9.17) is 0 Å². The van der Waals surface area contributed by atoms with E-state index in [0.717, 1.165) is 5.69 Å². The molecule has 10 heteroatoms. The molecule has 0 aliphatic heterocycles. The van der Waals surface area contributed by atoms with Crippen LogP contribution < -0.4 is 10.6 Å². The summed E-state index contributed by atoms with van der Waals surface area (Å²) in [7, 11) is 0. The highest BCUT2D eigenvalue weighted by Crippen LogP contribution is 2.14. The fourth-order valence-corrected chi connectivity index (χ4v) is 1.83. The Kier molecular flexibility index (Phi) is 5.98. The molecule has 134 valence electrons. The number of hydrogen-bond acceptors (Lipinski definition) is 4. The number of carbonyl (C=O) groups is 2. The second-order valence-corrected chi connectivity index (χ2v) is 4.93. The van der Waals surface area contributed by atoms with Gasteiger partial charge in [0.15, 0.2) is 6.61 Å². The first-order valence-corrected chi connectivity index (χ1v) is 7.19. The number of nitrogens with zero attached hydrogens (tertiary/aromatic N) is 2. The van der Waals surface area contributed by atoms with Crippen LogP contribution in [0.15, 0.2) is 43.0 Å². The van der Waals surface area contributed by atoms with Crippen molar-refractivity contribution in [2.75, 3.05) is 18.5 Å². The fourth-order valence-electron chi connectivity index (χ4n) is 1.83. The molecule has 0 unspecified atom stereocenters. The molecule has 0 atom stereocenters. The number of rotatable bonds is 6. The molecule has 2 rings (SSSR count). The molecule has 0 radical (unpaired) electrons. The van der Waals surface area contributed by atoms with E-state index in [-0.39, 0.29) is 13.0 Å². The highest BCUT2D eigenvalue weighted by molar-refractivity contribution is 5.91. The van der Waals surface area contributed by atoms with Gasteiger partial charge < -0.3 is 19.9 Å². The second-order valence-electron chi connectivity index (χ2n) is 4.93. The number of anilines is 1. The Hall–Kier alpha value is -3.04. The molecule has 0 fully saturated rings. The summed E-state index contributed by atoms with van der Waals surface area (Å²) in [6.07, 6.45) is -0.867. The minimum Gasteiger partial charge on any atom is -0.440 e. The zero-order valence-corrected chi connectivity index (χ0v) is 12.9. The van der Waals surface area contributed by atoms with Crippen molar-refractivity contribution >= 4 is 17.7 Å². The molecule has 2 N–H and O–H groups in total. The number of alkyl halides is 3. The Morgan fingerprint density at radius 1 is 1.20 bits per heavy atom. The first kappa shape index (κ1) is 18.3. The normalized spacial score (nSPS) is 11.0. The summed E-state index contributed by atoms with van der Waals surface area (Å²) in [5, 5.41) is 4.68. The number of nitrogens with one attached hydrogen (secondary N) is 2. The van der Waals surface area contributed by atoms with Gasteiger partial charge >= 0.3 is 12.3 Å². The monoisotopic (exact) mass is 356 g/mol. The zero-order valence-electron chi connectivity index (χ0n) is 12.9. The molecule has 0 aliphatic carbocycles. The molecule has 1 aromatic heterocycles. The van der Waals surface area contributed by atoms with E-state index >= 15 is 0 Å². The molecule has 7 nitrogen and oxygen atoms in total. The molecule has 25 heavy (non-hydrogen) atoms. The van der Waals surface area contributed by atoms with Gasteiger partial charge in [0.05, 0.1) is 6.33 Å². The Labute approximate surface area is 140 Å². The van der Waals surface area contributed by atoms with Gasteiger partial charge in [-0.15, -0.1) is 0 Å². The van der Waals surface area contributed by atoms with Crippen LogP contribution in [0.1, 0.15) is 6.42 Å². The Morgan fingerprint density at radius 3 is 2.52 bits per heavy atom. The molecular weight excluding hydrogens is 341 g/mol.